The summed E-state index contributed by atoms with van der Waals surface area (Å²) < 4.78 is 0. The van der Waals surface area contributed by atoms with Crippen molar-refractivity contribution in [3.63, 3.8) is 0 Å². The molecule has 1 aromatic carbocycles. The fourth-order valence-corrected chi connectivity index (χ4v) is 2.28. The monoisotopic (exact) mass is 268 g/mol. The Labute approximate surface area is 117 Å². The van der Waals surface area contributed by atoms with E-state index in [1.54, 1.807) is 12.1 Å². The van der Waals surface area contributed by atoms with Crippen LogP contribution in [0.4, 0.5) is 5.69 Å². The molecule has 2 aromatic rings. The van der Waals surface area contributed by atoms with Gasteiger partial charge in [0.15, 0.2) is 0 Å². The van der Waals surface area contributed by atoms with E-state index in [9.17, 15) is 4.79 Å². The number of benzene rings is 1. The predicted octanol–water partition coefficient (Wildman–Crippen LogP) is 1.65. The molecule has 1 fully saturated rings. The van der Waals surface area contributed by atoms with E-state index in [2.05, 4.69) is 27.9 Å². The van der Waals surface area contributed by atoms with E-state index in [1.165, 1.54) is 11.8 Å². The Kier molecular flexibility index (Phi) is 3.35. The number of nitrogen functional groups attached to an aromatic ring is 1. The van der Waals surface area contributed by atoms with Gasteiger partial charge >= 0.3 is 0 Å². The van der Waals surface area contributed by atoms with Gasteiger partial charge in [0.05, 0.1) is 11.9 Å². The van der Waals surface area contributed by atoms with Crippen LogP contribution in [0.25, 0.3) is 0 Å². The Bertz CT molecular complexity index is 597. The second kappa shape index (κ2) is 5.30. The van der Waals surface area contributed by atoms with Gasteiger partial charge in [0.25, 0.3) is 5.91 Å². The molecular formula is C15H16N4O. The van der Waals surface area contributed by atoms with Gasteiger partial charge in [-0.25, -0.2) is 4.98 Å². The van der Waals surface area contributed by atoms with Crippen molar-refractivity contribution < 1.29 is 4.79 Å². The summed E-state index contributed by atoms with van der Waals surface area (Å²) in [6, 6.07) is 13.8. The molecule has 5 nitrogen and oxygen atoms in total. The van der Waals surface area contributed by atoms with Crippen LogP contribution in [0.3, 0.4) is 0 Å². The summed E-state index contributed by atoms with van der Waals surface area (Å²) in [5.41, 5.74) is 4.83. The van der Waals surface area contributed by atoms with Gasteiger partial charge in [-0.3, -0.25) is 10.6 Å². The van der Waals surface area contributed by atoms with Crippen molar-refractivity contribution in [2.24, 2.45) is 5.84 Å². The van der Waals surface area contributed by atoms with E-state index in [0.717, 1.165) is 6.42 Å². The maximum Gasteiger partial charge on any atom is 0.270 e. The van der Waals surface area contributed by atoms with Crippen LogP contribution in [0.2, 0.25) is 0 Å². The first kappa shape index (κ1) is 12.6. The molecule has 2 unspecified atom stereocenters. The Morgan fingerprint density at radius 2 is 2.00 bits per heavy atom. The molecule has 0 aliphatic heterocycles. The van der Waals surface area contributed by atoms with Crippen molar-refractivity contribution in [3.05, 3.63) is 59.9 Å². The van der Waals surface area contributed by atoms with Crippen LogP contribution >= 0.6 is 0 Å². The maximum absolute atomic E-state index is 12.0. The first-order valence-electron chi connectivity index (χ1n) is 6.56. The highest BCUT2D eigenvalue weighted by molar-refractivity contribution is 5.93. The van der Waals surface area contributed by atoms with E-state index in [0.29, 0.717) is 17.3 Å². The van der Waals surface area contributed by atoms with Crippen molar-refractivity contribution in [1.82, 2.24) is 10.3 Å². The van der Waals surface area contributed by atoms with Gasteiger partial charge in [-0.2, -0.15) is 0 Å². The van der Waals surface area contributed by atoms with Gasteiger partial charge in [-0.05, 0) is 24.1 Å². The first-order valence-corrected chi connectivity index (χ1v) is 6.56. The van der Waals surface area contributed by atoms with Crippen LogP contribution in [0.15, 0.2) is 48.7 Å². The van der Waals surface area contributed by atoms with Crippen LogP contribution < -0.4 is 16.6 Å². The molecule has 1 saturated carbocycles. The Hall–Kier alpha value is -2.40. The smallest absolute Gasteiger partial charge is 0.270 e. The molecular weight excluding hydrogens is 252 g/mol. The minimum Gasteiger partial charge on any atom is -0.347 e. The van der Waals surface area contributed by atoms with Gasteiger partial charge in [0, 0.05) is 12.0 Å². The fraction of sp³-hybridized carbons (Fsp3) is 0.200. The summed E-state index contributed by atoms with van der Waals surface area (Å²) in [7, 11) is 0. The van der Waals surface area contributed by atoms with Gasteiger partial charge in [-0.1, -0.05) is 30.3 Å². The SMILES string of the molecule is NNc1ccc(C(=O)NC2CC2c2ccccc2)nc1. The molecule has 20 heavy (non-hydrogen) atoms. The number of hydrazine groups is 1. The van der Waals surface area contributed by atoms with Crippen molar-refractivity contribution in [1.29, 1.82) is 0 Å². The zero-order valence-corrected chi connectivity index (χ0v) is 10.9. The quantitative estimate of drug-likeness (QED) is 0.582. The maximum atomic E-state index is 12.0. The van der Waals surface area contributed by atoms with E-state index < -0.39 is 0 Å². The fourth-order valence-electron chi connectivity index (χ4n) is 2.28. The molecule has 4 N–H and O–H groups in total. The number of pyridine rings is 1. The van der Waals surface area contributed by atoms with Crippen LogP contribution in [0, 0.1) is 0 Å². The number of aromatic nitrogens is 1. The average Bonchev–Trinajstić information content (AvgIpc) is 3.27. The lowest BCUT2D eigenvalue weighted by Gasteiger charge is -2.05. The number of carbonyl (C=O) groups is 1. The van der Waals surface area contributed by atoms with E-state index in [1.807, 2.05) is 18.2 Å². The molecule has 5 heteroatoms. The number of hydrogen-bond donors (Lipinski definition) is 3. The summed E-state index contributed by atoms with van der Waals surface area (Å²) in [5, 5.41) is 3.00. The normalized spacial score (nSPS) is 20.2. The number of nitrogens with two attached hydrogens (primary N) is 1. The van der Waals surface area contributed by atoms with Crippen molar-refractivity contribution in [2.45, 2.75) is 18.4 Å². The molecule has 102 valence electrons. The third kappa shape index (κ3) is 2.62. The first-order chi connectivity index (χ1) is 9.78. The molecule has 0 saturated heterocycles. The Morgan fingerprint density at radius 1 is 1.20 bits per heavy atom. The second-order valence-electron chi connectivity index (χ2n) is 4.91. The van der Waals surface area contributed by atoms with Crippen molar-refractivity contribution in [3.8, 4) is 0 Å². The lowest BCUT2D eigenvalue weighted by molar-refractivity contribution is 0.0945. The second-order valence-corrected chi connectivity index (χ2v) is 4.91. The zero-order valence-electron chi connectivity index (χ0n) is 10.9. The lowest BCUT2D eigenvalue weighted by atomic mass is 10.1. The van der Waals surface area contributed by atoms with Gasteiger partial charge < -0.3 is 10.7 Å². The number of nitrogens with zero attached hydrogens (tertiary/aromatic N) is 1. The number of rotatable bonds is 4. The number of carbonyl (C=O) groups excluding carboxylic acids is 1. The number of amides is 1. The highest BCUT2D eigenvalue weighted by Crippen LogP contribution is 2.40. The highest BCUT2D eigenvalue weighted by Gasteiger charge is 2.39. The highest BCUT2D eigenvalue weighted by atomic mass is 16.2. The topological polar surface area (TPSA) is 80.0 Å². The van der Waals surface area contributed by atoms with Gasteiger partial charge in [0.2, 0.25) is 0 Å². The molecule has 3 rings (SSSR count). The van der Waals surface area contributed by atoms with Crippen molar-refractivity contribution >= 4 is 11.6 Å². The van der Waals surface area contributed by atoms with Gasteiger partial charge in [-0.15, -0.1) is 0 Å². The molecule has 0 radical (unpaired) electrons. The third-order valence-corrected chi connectivity index (χ3v) is 3.50. The minimum absolute atomic E-state index is 0.142. The summed E-state index contributed by atoms with van der Waals surface area (Å²) in [4.78, 5) is 16.1. The standard InChI is InChI=1S/C15H16N4O/c16-19-11-6-7-13(17-9-11)15(20)18-14-8-12(14)10-4-2-1-3-5-10/h1-7,9,12,14,19H,8,16H2,(H,18,20). The summed E-state index contributed by atoms with van der Waals surface area (Å²) in [6.07, 6.45) is 2.52. The Balaban J connectivity index is 1.60. The van der Waals surface area contributed by atoms with Crippen LogP contribution in [-0.2, 0) is 0 Å². The number of nitrogens with one attached hydrogen (secondary N) is 2. The third-order valence-electron chi connectivity index (χ3n) is 3.50. The average molecular weight is 268 g/mol. The molecule has 1 amide bonds. The molecule has 1 aliphatic carbocycles. The molecule has 2 atom stereocenters. The van der Waals surface area contributed by atoms with Gasteiger partial charge in [0.1, 0.15) is 5.69 Å². The molecule has 1 aromatic heterocycles. The molecule has 1 heterocycles. The summed E-state index contributed by atoms with van der Waals surface area (Å²) >= 11 is 0. The van der Waals surface area contributed by atoms with Crippen molar-refractivity contribution in [2.75, 3.05) is 5.43 Å². The van der Waals surface area contributed by atoms with E-state index >= 15 is 0 Å². The van der Waals surface area contributed by atoms with Crippen LogP contribution in [0.5, 0.6) is 0 Å². The lowest BCUT2D eigenvalue weighted by Crippen LogP contribution is -2.27. The summed E-state index contributed by atoms with van der Waals surface area (Å²) in [5.74, 6) is 5.54. The predicted molar refractivity (Wildman–Crippen MR) is 77.1 cm³/mol. The van der Waals surface area contributed by atoms with Crippen LogP contribution in [-0.4, -0.2) is 16.9 Å². The molecule has 0 spiro atoms. The summed E-state index contributed by atoms with van der Waals surface area (Å²) in [6.45, 7) is 0. The minimum atomic E-state index is -0.142. The van der Waals surface area contributed by atoms with E-state index in [-0.39, 0.29) is 11.9 Å². The number of hydrogen-bond acceptors (Lipinski definition) is 4. The van der Waals surface area contributed by atoms with Crippen LogP contribution in [0.1, 0.15) is 28.4 Å². The number of anilines is 1. The molecule has 0 bridgehead atoms. The van der Waals surface area contributed by atoms with E-state index in [4.69, 9.17) is 5.84 Å². The molecule has 1 aliphatic rings. The Morgan fingerprint density at radius 3 is 2.65 bits per heavy atom. The zero-order chi connectivity index (χ0) is 13.9. The largest absolute Gasteiger partial charge is 0.347 e.